The van der Waals surface area contributed by atoms with E-state index in [1.165, 1.54) is 0 Å². The van der Waals surface area contributed by atoms with Crippen LogP contribution in [0.4, 0.5) is 11.4 Å². The third-order valence-electron chi connectivity index (χ3n) is 4.45. The van der Waals surface area contributed by atoms with Crippen molar-refractivity contribution in [1.82, 2.24) is 5.32 Å². The molecule has 1 aliphatic rings. The van der Waals surface area contributed by atoms with E-state index in [-0.39, 0.29) is 12.5 Å². The third kappa shape index (κ3) is 5.79. The van der Waals surface area contributed by atoms with Crippen LogP contribution in [0.25, 0.3) is 0 Å². The first-order valence-electron chi connectivity index (χ1n) is 9.45. The van der Waals surface area contributed by atoms with Crippen molar-refractivity contribution in [2.75, 3.05) is 63.3 Å². The summed E-state index contributed by atoms with van der Waals surface area (Å²) >= 11 is 0. The molecule has 1 amide bonds. The Balaban J connectivity index is 1.39. The van der Waals surface area contributed by atoms with Crippen molar-refractivity contribution >= 4 is 17.3 Å². The van der Waals surface area contributed by atoms with Gasteiger partial charge in [0, 0.05) is 13.1 Å². The summed E-state index contributed by atoms with van der Waals surface area (Å²) in [4.78, 5) is 14.4. The van der Waals surface area contributed by atoms with E-state index in [1.54, 1.807) is 7.11 Å². The maximum absolute atomic E-state index is 12.1. The molecule has 150 valence electrons. The molecule has 0 unspecified atom stereocenters. The van der Waals surface area contributed by atoms with Crippen LogP contribution in [-0.2, 0) is 9.53 Å². The second kappa shape index (κ2) is 10.4. The lowest BCUT2D eigenvalue weighted by atomic mass is 10.2. The Kier molecular flexibility index (Phi) is 7.37. The summed E-state index contributed by atoms with van der Waals surface area (Å²) in [6.07, 6.45) is 0. The zero-order chi connectivity index (χ0) is 19.6. The Morgan fingerprint density at radius 1 is 1.07 bits per heavy atom. The highest BCUT2D eigenvalue weighted by Gasteiger charge is 2.14. The van der Waals surface area contributed by atoms with Crippen molar-refractivity contribution in [3.8, 4) is 11.5 Å². The number of hydrogen-bond donors (Lipinski definition) is 2. The quantitative estimate of drug-likeness (QED) is 0.645. The monoisotopic (exact) mass is 385 g/mol. The third-order valence-corrected chi connectivity index (χ3v) is 4.45. The highest BCUT2D eigenvalue weighted by molar-refractivity contribution is 5.82. The maximum Gasteiger partial charge on any atom is 0.239 e. The molecule has 7 heteroatoms. The molecule has 0 radical (unpaired) electrons. The summed E-state index contributed by atoms with van der Waals surface area (Å²) in [6.45, 7) is 4.22. The number of benzene rings is 2. The van der Waals surface area contributed by atoms with Crippen LogP contribution in [0.2, 0.25) is 0 Å². The number of rotatable bonds is 9. The lowest BCUT2D eigenvalue weighted by Crippen LogP contribution is -2.37. The van der Waals surface area contributed by atoms with Gasteiger partial charge in [0.1, 0.15) is 18.1 Å². The van der Waals surface area contributed by atoms with Crippen LogP contribution >= 0.6 is 0 Å². The molecule has 0 atom stereocenters. The molecule has 7 nitrogen and oxygen atoms in total. The number of nitrogens with one attached hydrogen (secondary N) is 2. The maximum atomic E-state index is 12.1. The molecule has 1 saturated heterocycles. The first-order chi connectivity index (χ1) is 13.8. The summed E-state index contributed by atoms with van der Waals surface area (Å²) < 4.78 is 16.1. The number of carbonyl (C=O) groups excluding carboxylic acids is 1. The molecule has 0 aliphatic carbocycles. The van der Waals surface area contributed by atoms with Crippen molar-refractivity contribution < 1.29 is 19.0 Å². The predicted octanol–water partition coefficient (Wildman–Crippen LogP) is 2.14. The highest BCUT2D eigenvalue weighted by atomic mass is 16.5. The molecular formula is C21H27N3O4. The number of anilines is 2. The van der Waals surface area contributed by atoms with Gasteiger partial charge in [-0.25, -0.2) is 0 Å². The number of amides is 1. The minimum Gasteiger partial charge on any atom is -0.497 e. The van der Waals surface area contributed by atoms with E-state index >= 15 is 0 Å². The fraction of sp³-hybridized carbons (Fsp3) is 0.381. The molecule has 0 spiro atoms. The number of ether oxygens (including phenoxy) is 3. The zero-order valence-corrected chi connectivity index (χ0v) is 16.1. The number of morpholine rings is 1. The van der Waals surface area contributed by atoms with Crippen LogP contribution in [0.3, 0.4) is 0 Å². The van der Waals surface area contributed by atoms with Crippen molar-refractivity contribution in [3.05, 3.63) is 48.5 Å². The van der Waals surface area contributed by atoms with Gasteiger partial charge in [-0.1, -0.05) is 12.1 Å². The minimum absolute atomic E-state index is 0.0740. The number of methoxy groups -OCH3 is 1. The summed E-state index contributed by atoms with van der Waals surface area (Å²) in [6, 6.07) is 15.4. The molecular weight excluding hydrogens is 358 g/mol. The van der Waals surface area contributed by atoms with Gasteiger partial charge in [0.2, 0.25) is 5.91 Å². The van der Waals surface area contributed by atoms with Gasteiger partial charge in [-0.15, -0.1) is 0 Å². The van der Waals surface area contributed by atoms with E-state index in [9.17, 15) is 4.79 Å². The molecule has 0 aromatic heterocycles. The second-order valence-electron chi connectivity index (χ2n) is 6.34. The van der Waals surface area contributed by atoms with Crippen molar-refractivity contribution in [3.63, 3.8) is 0 Å². The molecule has 1 fully saturated rings. The van der Waals surface area contributed by atoms with Gasteiger partial charge in [0.25, 0.3) is 0 Å². The fourth-order valence-corrected chi connectivity index (χ4v) is 2.97. The molecule has 3 rings (SSSR count). The van der Waals surface area contributed by atoms with Gasteiger partial charge in [-0.05, 0) is 36.4 Å². The van der Waals surface area contributed by atoms with E-state index in [4.69, 9.17) is 14.2 Å². The minimum atomic E-state index is -0.0740. The van der Waals surface area contributed by atoms with E-state index in [2.05, 4.69) is 21.6 Å². The Labute approximate surface area is 165 Å². The van der Waals surface area contributed by atoms with Crippen LogP contribution in [0, 0.1) is 0 Å². The summed E-state index contributed by atoms with van der Waals surface area (Å²) in [5, 5.41) is 6.09. The number of nitrogens with zero attached hydrogens (tertiary/aromatic N) is 1. The average molecular weight is 385 g/mol. The van der Waals surface area contributed by atoms with E-state index in [0.29, 0.717) is 13.2 Å². The molecule has 0 bridgehead atoms. The molecule has 28 heavy (non-hydrogen) atoms. The second-order valence-corrected chi connectivity index (χ2v) is 6.34. The van der Waals surface area contributed by atoms with Gasteiger partial charge >= 0.3 is 0 Å². The Hall–Kier alpha value is -2.93. The van der Waals surface area contributed by atoms with Crippen LogP contribution in [0.1, 0.15) is 0 Å². The first-order valence-corrected chi connectivity index (χ1v) is 9.45. The fourth-order valence-electron chi connectivity index (χ4n) is 2.97. The average Bonchev–Trinajstić information content (AvgIpc) is 2.76. The Morgan fingerprint density at radius 3 is 2.54 bits per heavy atom. The molecule has 1 heterocycles. The lowest BCUT2D eigenvalue weighted by Gasteiger charge is -2.30. The van der Waals surface area contributed by atoms with Crippen molar-refractivity contribution in [2.45, 2.75) is 0 Å². The molecule has 2 N–H and O–H groups in total. The first kappa shape index (κ1) is 19.8. The predicted molar refractivity (Wildman–Crippen MR) is 109 cm³/mol. The summed E-state index contributed by atoms with van der Waals surface area (Å²) in [7, 11) is 1.62. The van der Waals surface area contributed by atoms with E-state index in [0.717, 1.165) is 49.2 Å². The normalized spacial score (nSPS) is 13.7. The molecule has 1 aliphatic heterocycles. The molecule has 0 saturated carbocycles. The topological polar surface area (TPSA) is 72.1 Å². The summed E-state index contributed by atoms with van der Waals surface area (Å²) in [5.74, 6) is 1.45. The van der Waals surface area contributed by atoms with Crippen LogP contribution < -0.4 is 25.0 Å². The lowest BCUT2D eigenvalue weighted by molar-refractivity contribution is -0.119. The van der Waals surface area contributed by atoms with Crippen LogP contribution in [0.15, 0.2) is 48.5 Å². The van der Waals surface area contributed by atoms with Crippen molar-refractivity contribution in [2.24, 2.45) is 0 Å². The van der Waals surface area contributed by atoms with E-state index in [1.807, 2.05) is 42.5 Å². The smallest absolute Gasteiger partial charge is 0.239 e. The SMILES string of the molecule is COc1ccc(OCCNC(=O)CNc2ccccc2N2CCOCC2)cc1. The van der Waals surface area contributed by atoms with Gasteiger partial charge < -0.3 is 29.7 Å². The molecule has 2 aromatic carbocycles. The number of carbonyl (C=O) groups is 1. The van der Waals surface area contributed by atoms with Crippen molar-refractivity contribution in [1.29, 1.82) is 0 Å². The highest BCUT2D eigenvalue weighted by Crippen LogP contribution is 2.26. The zero-order valence-electron chi connectivity index (χ0n) is 16.1. The number of para-hydroxylation sites is 2. The van der Waals surface area contributed by atoms with Crippen LogP contribution in [0.5, 0.6) is 11.5 Å². The van der Waals surface area contributed by atoms with Gasteiger partial charge in [-0.2, -0.15) is 0 Å². The summed E-state index contributed by atoms with van der Waals surface area (Å²) in [5.41, 5.74) is 2.05. The van der Waals surface area contributed by atoms with Crippen LogP contribution in [-0.4, -0.2) is 59.0 Å². The number of hydrogen-bond acceptors (Lipinski definition) is 6. The van der Waals surface area contributed by atoms with Gasteiger partial charge in [-0.3, -0.25) is 4.79 Å². The standard InChI is InChI=1S/C21H27N3O4/c1-26-17-6-8-18(9-7-17)28-13-10-22-21(25)16-23-19-4-2-3-5-20(19)24-11-14-27-15-12-24/h2-9,23H,10-16H2,1H3,(H,22,25). The van der Waals surface area contributed by atoms with Gasteiger partial charge in [0.15, 0.2) is 0 Å². The largest absolute Gasteiger partial charge is 0.497 e. The van der Waals surface area contributed by atoms with E-state index < -0.39 is 0 Å². The Morgan fingerprint density at radius 2 is 1.79 bits per heavy atom. The van der Waals surface area contributed by atoms with Gasteiger partial charge in [0.05, 0.1) is 44.8 Å². The Bertz CT molecular complexity index is 746. The molecule has 2 aromatic rings.